The van der Waals surface area contributed by atoms with Crippen LogP contribution in [-0.4, -0.2) is 21.4 Å². The molecule has 0 bridgehead atoms. The SMILES string of the molecule is C=CCc1ccc(O)c(-c2ccc(O[C@]3(C)CC[C@]4(C)CC[C@@H](C(C)(C)O)C[C@@H]4C3)c(CC=C)c2)c1. The maximum absolute atomic E-state index is 10.7. The summed E-state index contributed by atoms with van der Waals surface area (Å²) in [4.78, 5) is 0. The first-order chi connectivity index (χ1) is 17.0. The van der Waals surface area contributed by atoms with Gasteiger partial charge in [0.2, 0.25) is 0 Å². The molecule has 36 heavy (non-hydrogen) atoms. The highest BCUT2D eigenvalue weighted by Gasteiger charge is 2.50. The number of aromatic hydroxyl groups is 1. The smallest absolute Gasteiger partial charge is 0.123 e. The van der Waals surface area contributed by atoms with Gasteiger partial charge >= 0.3 is 0 Å². The molecule has 2 fully saturated rings. The number of fused-ring (bicyclic) bond motifs is 1. The molecule has 4 atom stereocenters. The van der Waals surface area contributed by atoms with Crippen LogP contribution < -0.4 is 4.74 Å². The minimum Gasteiger partial charge on any atom is -0.507 e. The number of hydrogen-bond acceptors (Lipinski definition) is 3. The van der Waals surface area contributed by atoms with Crippen LogP contribution in [0.25, 0.3) is 11.1 Å². The van der Waals surface area contributed by atoms with Crippen molar-refractivity contribution in [1.82, 2.24) is 0 Å². The lowest BCUT2D eigenvalue weighted by molar-refractivity contribution is -0.0941. The summed E-state index contributed by atoms with van der Waals surface area (Å²) < 4.78 is 6.84. The second-order valence-corrected chi connectivity index (χ2v) is 12.4. The molecule has 2 N–H and O–H groups in total. The Balaban J connectivity index is 1.59. The molecule has 3 heteroatoms. The molecule has 0 heterocycles. The van der Waals surface area contributed by atoms with Gasteiger partial charge in [-0.15, -0.1) is 13.2 Å². The van der Waals surface area contributed by atoms with Gasteiger partial charge < -0.3 is 14.9 Å². The Kier molecular flexibility index (Phi) is 7.44. The molecular weight excluding hydrogens is 444 g/mol. The molecule has 0 aromatic heterocycles. The Morgan fingerprint density at radius 1 is 1.03 bits per heavy atom. The average Bonchev–Trinajstić information content (AvgIpc) is 2.81. The maximum atomic E-state index is 10.7. The largest absolute Gasteiger partial charge is 0.507 e. The van der Waals surface area contributed by atoms with Crippen molar-refractivity contribution in [1.29, 1.82) is 0 Å². The highest BCUT2D eigenvalue weighted by atomic mass is 16.5. The number of ether oxygens (including phenoxy) is 1. The van der Waals surface area contributed by atoms with Crippen molar-refractivity contribution in [3.63, 3.8) is 0 Å². The van der Waals surface area contributed by atoms with Crippen LogP contribution >= 0.6 is 0 Å². The molecule has 2 aromatic rings. The van der Waals surface area contributed by atoms with Gasteiger partial charge in [0.05, 0.1) is 5.60 Å². The van der Waals surface area contributed by atoms with Gasteiger partial charge in [-0.25, -0.2) is 0 Å². The summed E-state index contributed by atoms with van der Waals surface area (Å²) in [6, 6.07) is 12.0. The zero-order chi connectivity index (χ0) is 26.1. The van der Waals surface area contributed by atoms with E-state index in [0.29, 0.717) is 23.7 Å². The monoisotopic (exact) mass is 488 g/mol. The molecule has 0 amide bonds. The van der Waals surface area contributed by atoms with Gasteiger partial charge in [-0.05, 0) is 130 Å². The Labute approximate surface area is 217 Å². The summed E-state index contributed by atoms with van der Waals surface area (Å²) in [5, 5.41) is 21.3. The van der Waals surface area contributed by atoms with Gasteiger partial charge in [-0.2, -0.15) is 0 Å². The predicted octanol–water partition coefficient (Wildman–Crippen LogP) is 8.03. The van der Waals surface area contributed by atoms with Crippen molar-refractivity contribution in [2.75, 3.05) is 0 Å². The van der Waals surface area contributed by atoms with Crippen LogP contribution in [-0.2, 0) is 12.8 Å². The number of allylic oxidation sites excluding steroid dienone is 2. The van der Waals surface area contributed by atoms with Crippen LogP contribution in [0.4, 0.5) is 0 Å². The van der Waals surface area contributed by atoms with E-state index in [4.69, 9.17) is 4.74 Å². The third-order valence-corrected chi connectivity index (χ3v) is 9.05. The van der Waals surface area contributed by atoms with E-state index in [9.17, 15) is 10.2 Å². The summed E-state index contributed by atoms with van der Waals surface area (Å²) in [6.07, 6.45) is 11.8. The van der Waals surface area contributed by atoms with Gasteiger partial charge in [-0.1, -0.05) is 31.2 Å². The van der Waals surface area contributed by atoms with E-state index in [1.165, 1.54) is 6.42 Å². The fourth-order valence-corrected chi connectivity index (χ4v) is 6.56. The Morgan fingerprint density at radius 2 is 1.78 bits per heavy atom. The molecule has 2 aromatic carbocycles. The Morgan fingerprint density at radius 3 is 2.47 bits per heavy atom. The summed E-state index contributed by atoms with van der Waals surface area (Å²) in [6.45, 7) is 16.4. The van der Waals surface area contributed by atoms with Crippen LogP contribution in [0.15, 0.2) is 61.7 Å². The van der Waals surface area contributed by atoms with Crippen LogP contribution in [0.2, 0.25) is 0 Å². The van der Waals surface area contributed by atoms with E-state index in [2.05, 4.69) is 45.2 Å². The van der Waals surface area contributed by atoms with E-state index in [0.717, 1.165) is 66.5 Å². The summed E-state index contributed by atoms with van der Waals surface area (Å²) in [5.41, 5.74) is 3.48. The van der Waals surface area contributed by atoms with Crippen LogP contribution in [0.1, 0.15) is 77.3 Å². The molecule has 3 nitrogen and oxygen atoms in total. The minimum atomic E-state index is -0.627. The Bertz CT molecular complexity index is 1110. The molecule has 2 aliphatic rings. The lowest BCUT2D eigenvalue weighted by Gasteiger charge is -2.54. The second-order valence-electron chi connectivity index (χ2n) is 12.4. The van der Waals surface area contributed by atoms with Crippen molar-refractivity contribution in [2.24, 2.45) is 17.3 Å². The van der Waals surface area contributed by atoms with Crippen molar-refractivity contribution in [3.05, 3.63) is 72.8 Å². The first kappa shape index (κ1) is 26.5. The van der Waals surface area contributed by atoms with Crippen LogP contribution in [0.5, 0.6) is 11.5 Å². The topological polar surface area (TPSA) is 49.7 Å². The van der Waals surface area contributed by atoms with E-state index in [1.807, 2.05) is 38.1 Å². The highest BCUT2D eigenvalue weighted by Crippen LogP contribution is 2.56. The summed E-state index contributed by atoms with van der Waals surface area (Å²) in [5.74, 6) is 2.07. The fraction of sp³-hybridized carbons (Fsp3) is 0.515. The van der Waals surface area contributed by atoms with Gasteiger partial charge in [0.25, 0.3) is 0 Å². The molecule has 0 unspecified atom stereocenters. The van der Waals surface area contributed by atoms with Crippen molar-refractivity contribution < 1.29 is 14.9 Å². The lowest BCUT2D eigenvalue weighted by Crippen LogP contribution is -2.50. The zero-order valence-corrected chi connectivity index (χ0v) is 22.6. The average molecular weight is 489 g/mol. The number of phenols is 1. The molecule has 0 spiro atoms. The van der Waals surface area contributed by atoms with Gasteiger partial charge in [0.1, 0.15) is 17.1 Å². The first-order valence-electron chi connectivity index (χ1n) is 13.5. The highest BCUT2D eigenvalue weighted by molar-refractivity contribution is 5.72. The van der Waals surface area contributed by atoms with Gasteiger partial charge in [0.15, 0.2) is 0 Å². The van der Waals surface area contributed by atoms with Crippen LogP contribution in [0.3, 0.4) is 0 Å². The van der Waals surface area contributed by atoms with Crippen molar-refractivity contribution >= 4 is 0 Å². The molecule has 0 radical (unpaired) electrons. The number of benzene rings is 2. The van der Waals surface area contributed by atoms with Crippen LogP contribution in [0, 0.1) is 17.3 Å². The fourth-order valence-electron chi connectivity index (χ4n) is 6.56. The normalized spacial score (nSPS) is 28.2. The molecular formula is C33H44O3. The molecule has 0 saturated heterocycles. The number of phenolic OH excluding ortho intramolecular Hbond substituents is 1. The molecule has 4 rings (SSSR count). The number of rotatable bonds is 8. The summed E-state index contributed by atoms with van der Waals surface area (Å²) in [7, 11) is 0. The van der Waals surface area contributed by atoms with Crippen molar-refractivity contribution in [3.8, 4) is 22.6 Å². The maximum Gasteiger partial charge on any atom is 0.123 e. The van der Waals surface area contributed by atoms with E-state index in [1.54, 1.807) is 6.07 Å². The van der Waals surface area contributed by atoms with E-state index < -0.39 is 5.60 Å². The van der Waals surface area contributed by atoms with Crippen molar-refractivity contribution in [2.45, 2.75) is 90.3 Å². The van der Waals surface area contributed by atoms with E-state index in [-0.39, 0.29) is 11.4 Å². The second kappa shape index (κ2) is 10.1. The molecule has 194 valence electrons. The zero-order valence-electron chi connectivity index (χ0n) is 22.6. The third kappa shape index (κ3) is 5.57. The number of aliphatic hydroxyl groups is 1. The lowest BCUT2D eigenvalue weighted by atomic mass is 9.54. The standard InChI is InChI=1S/C33H44O3/c1-7-9-23-11-13-29(34)28(19-23)24-12-14-30(25(20-24)10-8-2)36-33(6)18-17-32(5)16-15-26(31(3,4)35)21-27(32)22-33/h7-8,11-14,19-20,26-27,34-35H,1-2,9-10,15-18,21-22H2,3-6H3/t26-,27-,32+,33-/m1/s1. The quantitative estimate of drug-likeness (QED) is 0.370. The number of hydrogen-bond donors (Lipinski definition) is 2. The third-order valence-electron chi connectivity index (χ3n) is 9.05. The predicted molar refractivity (Wildman–Crippen MR) is 149 cm³/mol. The minimum absolute atomic E-state index is 0.241. The van der Waals surface area contributed by atoms with Gasteiger partial charge in [0, 0.05) is 5.56 Å². The van der Waals surface area contributed by atoms with E-state index >= 15 is 0 Å². The summed E-state index contributed by atoms with van der Waals surface area (Å²) >= 11 is 0. The Hall–Kier alpha value is -2.52. The van der Waals surface area contributed by atoms with Gasteiger partial charge in [-0.3, -0.25) is 0 Å². The first-order valence-corrected chi connectivity index (χ1v) is 13.5. The molecule has 0 aliphatic heterocycles. The molecule has 2 saturated carbocycles. The molecule has 2 aliphatic carbocycles.